The maximum Gasteiger partial charge on any atom is 0.225 e. The molecule has 2 rings (SSSR count). The number of amides is 1. The van der Waals surface area contributed by atoms with E-state index in [4.69, 9.17) is 0 Å². The number of benzene rings is 1. The molecule has 0 spiro atoms. The molecule has 1 N–H and O–H groups in total. The second-order valence-corrected chi connectivity index (χ2v) is 8.12. The maximum absolute atomic E-state index is 12.1. The van der Waals surface area contributed by atoms with E-state index in [-0.39, 0.29) is 24.9 Å². The fourth-order valence-electron chi connectivity index (χ4n) is 3.12. The van der Waals surface area contributed by atoms with Crippen molar-refractivity contribution < 1.29 is 13.2 Å². The Bertz CT molecular complexity index is 594. The van der Waals surface area contributed by atoms with Crippen LogP contribution in [0.1, 0.15) is 44.9 Å². The van der Waals surface area contributed by atoms with Crippen LogP contribution >= 0.6 is 0 Å². The lowest BCUT2D eigenvalue weighted by molar-refractivity contribution is -0.116. The number of rotatable bonds is 6. The summed E-state index contributed by atoms with van der Waals surface area (Å²) in [5.41, 5.74) is 0.734. The SMILES string of the molecule is CS(=O)(=O)N(CCC(=O)Nc1ccccc1)C1CCCCCC1. The molecule has 0 heterocycles. The van der Waals surface area contributed by atoms with Gasteiger partial charge in [0, 0.05) is 24.7 Å². The van der Waals surface area contributed by atoms with Crippen LogP contribution in [0.5, 0.6) is 0 Å². The van der Waals surface area contributed by atoms with E-state index >= 15 is 0 Å². The molecule has 0 atom stereocenters. The van der Waals surface area contributed by atoms with Gasteiger partial charge in [0.05, 0.1) is 6.26 Å². The molecule has 1 amide bonds. The van der Waals surface area contributed by atoms with Crippen molar-refractivity contribution in [2.45, 2.75) is 51.0 Å². The van der Waals surface area contributed by atoms with E-state index in [0.29, 0.717) is 0 Å². The van der Waals surface area contributed by atoms with Crippen molar-refractivity contribution in [1.29, 1.82) is 0 Å². The first-order chi connectivity index (χ1) is 11.0. The van der Waals surface area contributed by atoms with Crippen molar-refractivity contribution in [2.24, 2.45) is 0 Å². The van der Waals surface area contributed by atoms with Gasteiger partial charge in [-0.2, -0.15) is 4.31 Å². The minimum atomic E-state index is -3.30. The van der Waals surface area contributed by atoms with E-state index in [9.17, 15) is 13.2 Å². The highest BCUT2D eigenvalue weighted by atomic mass is 32.2. The summed E-state index contributed by atoms with van der Waals surface area (Å²) in [5, 5.41) is 2.80. The van der Waals surface area contributed by atoms with E-state index in [0.717, 1.165) is 31.4 Å². The summed E-state index contributed by atoms with van der Waals surface area (Å²) >= 11 is 0. The standard InChI is InChI=1S/C17H26N2O3S/c1-23(21,22)19(16-11-7-2-3-8-12-16)14-13-17(20)18-15-9-5-4-6-10-15/h4-6,9-10,16H,2-3,7-8,11-14H2,1H3,(H,18,20). The van der Waals surface area contributed by atoms with Crippen LogP contribution in [0.3, 0.4) is 0 Å². The molecule has 0 saturated heterocycles. The molecule has 1 aliphatic rings. The van der Waals surface area contributed by atoms with E-state index in [2.05, 4.69) is 5.32 Å². The molecule has 1 saturated carbocycles. The van der Waals surface area contributed by atoms with Gasteiger partial charge in [-0.25, -0.2) is 8.42 Å². The number of hydrogen-bond donors (Lipinski definition) is 1. The monoisotopic (exact) mass is 338 g/mol. The molecular formula is C17H26N2O3S. The van der Waals surface area contributed by atoms with Gasteiger partial charge < -0.3 is 5.32 Å². The molecule has 23 heavy (non-hydrogen) atoms. The normalized spacial score (nSPS) is 17.0. The summed E-state index contributed by atoms with van der Waals surface area (Å²) in [6.07, 6.45) is 7.68. The van der Waals surface area contributed by atoms with Gasteiger partial charge in [-0.05, 0) is 25.0 Å². The Morgan fingerprint density at radius 2 is 1.74 bits per heavy atom. The van der Waals surface area contributed by atoms with Crippen molar-refractivity contribution in [3.05, 3.63) is 30.3 Å². The van der Waals surface area contributed by atoms with Crippen LogP contribution in [0.4, 0.5) is 5.69 Å². The lowest BCUT2D eigenvalue weighted by Crippen LogP contribution is -2.41. The molecule has 6 heteroatoms. The summed E-state index contributed by atoms with van der Waals surface area (Å²) in [7, 11) is -3.30. The molecular weight excluding hydrogens is 312 g/mol. The molecule has 128 valence electrons. The number of carbonyl (C=O) groups excluding carboxylic acids is 1. The summed E-state index contributed by atoms with van der Waals surface area (Å²) in [4.78, 5) is 12.1. The van der Waals surface area contributed by atoms with Crippen LogP contribution in [0.15, 0.2) is 30.3 Å². The van der Waals surface area contributed by atoms with Crippen LogP contribution in [0.2, 0.25) is 0 Å². The third kappa shape index (κ3) is 5.95. The predicted octanol–water partition coefficient (Wildman–Crippen LogP) is 3.00. The van der Waals surface area contributed by atoms with Gasteiger partial charge in [-0.15, -0.1) is 0 Å². The van der Waals surface area contributed by atoms with Crippen LogP contribution in [-0.2, 0) is 14.8 Å². The first-order valence-corrected chi connectivity index (χ1v) is 10.1. The fraction of sp³-hybridized carbons (Fsp3) is 0.588. The third-order valence-electron chi connectivity index (χ3n) is 4.27. The molecule has 0 unspecified atom stereocenters. The third-order valence-corrected chi connectivity index (χ3v) is 5.61. The van der Waals surface area contributed by atoms with Gasteiger partial charge in [0.1, 0.15) is 0 Å². The Morgan fingerprint density at radius 3 is 2.30 bits per heavy atom. The van der Waals surface area contributed by atoms with Crippen molar-refractivity contribution in [1.82, 2.24) is 4.31 Å². The van der Waals surface area contributed by atoms with E-state index in [1.807, 2.05) is 30.3 Å². The average molecular weight is 338 g/mol. The number of anilines is 1. The van der Waals surface area contributed by atoms with Crippen molar-refractivity contribution in [3.8, 4) is 0 Å². The topological polar surface area (TPSA) is 66.5 Å². The second kappa shape index (κ2) is 8.45. The summed E-state index contributed by atoms with van der Waals surface area (Å²) in [6, 6.07) is 9.26. The highest BCUT2D eigenvalue weighted by Gasteiger charge is 2.27. The van der Waals surface area contributed by atoms with Crippen LogP contribution < -0.4 is 5.32 Å². The summed E-state index contributed by atoms with van der Waals surface area (Å²) < 4.78 is 25.7. The Labute approximate surface area is 139 Å². The smallest absolute Gasteiger partial charge is 0.225 e. The van der Waals surface area contributed by atoms with Gasteiger partial charge in [-0.3, -0.25) is 4.79 Å². The Hall–Kier alpha value is -1.40. The van der Waals surface area contributed by atoms with E-state index in [1.54, 1.807) is 0 Å². The minimum absolute atomic E-state index is 0.0389. The van der Waals surface area contributed by atoms with Gasteiger partial charge >= 0.3 is 0 Å². The van der Waals surface area contributed by atoms with Gasteiger partial charge in [0.15, 0.2) is 0 Å². The minimum Gasteiger partial charge on any atom is -0.326 e. The molecule has 0 aromatic heterocycles. The number of para-hydroxylation sites is 1. The molecule has 1 aromatic rings. The Kier molecular flexibility index (Phi) is 6.59. The highest BCUT2D eigenvalue weighted by Crippen LogP contribution is 2.24. The fourth-order valence-corrected chi connectivity index (χ4v) is 4.30. The van der Waals surface area contributed by atoms with Gasteiger partial charge in [0.25, 0.3) is 0 Å². The molecule has 1 aliphatic carbocycles. The lowest BCUT2D eigenvalue weighted by Gasteiger charge is -2.28. The largest absolute Gasteiger partial charge is 0.326 e. The number of carbonyl (C=O) groups is 1. The molecule has 0 radical (unpaired) electrons. The Balaban J connectivity index is 1.94. The number of sulfonamides is 1. The van der Waals surface area contributed by atoms with Crippen LogP contribution in [0, 0.1) is 0 Å². The van der Waals surface area contributed by atoms with E-state index in [1.165, 1.54) is 23.4 Å². The van der Waals surface area contributed by atoms with Crippen molar-refractivity contribution >= 4 is 21.6 Å². The van der Waals surface area contributed by atoms with Crippen molar-refractivity contribution in [3.63, 3.8) is 0 Å². The highest BCUT2D eigenvalue weighted by molar-refractivity contribution is 7.88. The molecule has 1 aromatic carbocycles. The molecule has 0 aliphatic heterocycles. The van der Waals surface area contributed by atoms with Gasteiger partial charge in [-0.1, -0.05) is 43.9 Å². The zero-order valence-corrected chi connectivity index (χ0v) is 14.5. The predicted molar refractivity (Wildman–Crippen MR) is 92.7 cm³/mol. The zero-order valence-electron chi connectivity index (χ0n) is 13.7. The Morgan fingerprint density at radius 1 is 1.13 bits per heavy atom. The number of nitrogens with zero attached hydrogens (tertiary/aromatic N) is 1. The molecule has 5 nitrogen and oxygen atoms in total. The lowest BCUT2D eigenvalue weighted by atomic mass is 10.1. The molecule has 0 bridgehead atoms. The maximum atomic E-state index is 12.1. The zero-order chi connectivity index (χ0) is 16.7. The van der Waals surface area contributed by atoms with Crippen LogP contribution in [0.25, 0.3) is 0 Å². The average Bonchev–Trinajstić information content (AvgIpc) is 2.76. The molecule has 1 fully saturated rings. The summed E-state index contributed by atoms with van der Waals surface area (Å²) in [5.74, 6) is -0.154. The summed E-state index contributed by atoms with van der Waals surface area (Å²) in [6.45, 7) is 0.252. The van der Waals surface area contributed by atoms with Gasteiger partial charge in [0.2, 0.25) is 15.9 Å². The number of nitrogens with one attached hydrogen (secondary N) is 1. The second-order valence-electron chi connectivity index (χ2n) is 6.18. The van der Waals surface area contributed by atoms with E-state index < -0.39 is 10.0 Å². The first kappa shape index (κ1) is 17.9. The first-order valence-electron chi connectivity index (χ1n) is 8.28. The number of hydrogen-bond acceptors (Lipinski definition) is 3. The van der Waals surface area contributed by atoms with Crippen LogP contribution in [-0.4, -0.2) is 37.5 Å². The quantitative estimate of drug-likeness (QED) is 0.811. The van der Waals surface area contributed by atoms with Crippen molar-refractivity contribution in [2.75, 3.05) is 18.1 Å².